The number of carbonyl (C=O) groups is 1. The van der Waals surface area contributed by atoms with Crippen LogP contribution >= 0.6 is 0 Å². The molecule has 2 aromatic rings. The third kappa shape index (κ3) is 4.28. The fraction of sp³-hybridized carbons (Fsp3) is 0.312. The normalized spacial score (nSPS) is 11.6. The molecule has 0 bridgehead atoms. The minimum absolute atomic E-state index is 0.0133. The lowest BCUT2D eigenvalue weighted by Gasteiger charge is -2.11. The zero-order valence-corrected chi connectivity index (χ0v) is 12.8. The summed E-state index contributed by atoms with van der Waals surface area (Å²) in [6.07, 6.45) is -4.79. The highest BCUT2D eigenvalue weighted by atomic mass is 19.4. The van der Waals surface area contributed by atoms with Gasteiger partial charge in [-0.1, -0.05) is 6.07 Å². The van der Waals surface area contributed by atoms with Crippen LogP contribution in [0.4, 0.5) is 18.9 Å². The van der Waals surface area contributed by atoms with Crippen molar-refractivity contribution < 1.29 is 27.1 Å². The molecule has 1 heterocycles. The molecule has 0 aliphatic heterocycles. The molecule has 0 unspecified atom stereocenters. The smallest absolute Gasteiger partial charge is 0.450 e. The second-order valence-electron chi connectivity index (χ2n) is 5.25. The average molecular weight is 327 g/mol. The first-order valence-electron chi connectivity index (χ1n) is 6.92. The van der Waals surface area contributed by atoms with Crippen molar-refractivity contribution in [3.63, 3.8) is 0 Å². The van der Waals surface area contributed by atoms with E-state index in [9.17, 15) is 18.0 Å². The first-order valence-corrected chi connectivity index (χ1v) is 6.92. The van der Waals surface area contributed by atoms with Crippen LogP contribution in [0.15, 0.2) is 34.7 Å². The number of ether oxygens (including phenoxy) is 1. The van der Waals surface area contributed by atoms with Crippen molar-refractivity contribution in [1.82, 2.24) is 0 Å². The van der Waals surface area contributed by atoms with Crippen LogP contribution in [0.25, 0.3) is 0 Å². The summed E-state index contributed by atoms with van der Waals surface area (Å²) in [6, 6.07) is 7.49. The van der Waals surface area contributed by atoms with Gasteiger partial charge in [-0.3, -0.25) is 4.79 Å². The molecule has 0 aliphatic carbocycles. The van der Waals surface area contributed by atoms with Gasteiger partial charge in [0.2, 0.25) is 5.76 Å². The zero-order chi connectivity index (χ0) is 17.2. The summed E-state index contributed by atoms with van der Waals surface area (Å²) in [5.41, 5.74) is -0.217. The Kier molecular flexibility index (Phi) is 4.68. The number of alkyl halides is 3. The van der Waals surface area contributed by atoms with Crippen molar-refractivity contribution >= 4 is 11.6 Å². The Balaban J connectivity index is 2.23. The minimum atomic E-state index is -4.73. The third-order valence-electron chi connectivity index (χ3n) is 2.82. The third-order valence-corrected chi connectivity index (χ3v) is 2.82. The van der Waals surface area contributed by atoms with E-state index in [-0.39, 0.29) is 11.9 Å². The van der Waals surface area contributed by atoms with E-state index in [0.29, 0.717) is 11.4 Å². The maximum Gasteiger partial charge on any atom is 0.450 e. The van der Waals surface area contributed by atoms with Gasteiger partial charge in [0.05, 0.1) is 11.7 Å². The van der Waals surface area contributed by atoms with Gasteiger partial charge < -0.3 is 14.5 Å². The van der Waals surface area contributed by atoms with E-state index in [4.69, 9.17) is 4.74 Å². The molecule has 0 fully saturated rings. The lowest BCUT2D eigenvalue weighted by molar-refractivity contribution is -0.153. The SMILES string of the molecule is Cc1cc(C(=O)Nc2cccc(OC(C)C)c2)c(C(F)(F)F)o1. The van der Waals surface area contributed by atoms with Gasteiger partial charge in [0.25, 0.3) is 5.91 Å². The molecule has 1 amide bonds. The highest BCUT2D eigenvalue weighted by molar-refractivity contribution is 6.05. The molecular weight excluding hydrogens is 311 g/mol. The van der Waals surface area contributed by atoms with Crippen molar-refractivity contribution in [2.24, 2.45) is 0 Å². The summed E-state index contributed by atoms with van der Waals surface area (Å²) < 4.78 is 48.7. The Bertz CT molecular complexity index is 705. The number of rotatable bonds is 4. The van der Waals surface area contributed by atoms with Crippen molar-refractivity contribution in [2.75, 3.05) is 5.32 Å². The average Bonchev–Trinajstić information content (AvgIpc) is 2.80. The molecule has 0 radical (unpaired) electrons. The minimum Gasteiger partial charge on any atom is -0.491 e. The van der Waals surface area contributed by atoms with Crippen molar-refractivity contribution in [1.29, 1.82) is 0 Å². The standard InChI is InChI=1S/C16H16F3NO3/c1-9(2)22-12-6-4-5-11(8-12)20-15(21)13-7-10(3)23-14(13)16(17,18)19/h4-9H,1-3H3,(H,20,21). The van der Waals surface area contributed by atoms with E-state index in [1.54, 1.807) is 18.2 Å². The molecule has 0 atom stereocenters. The van der Waals surface area contributed by atoms with Crippen molar-refractivity contribution in [3.8, 4) is 5.75 Å². The summed E-state index contributed by atoms with van der Waals surface area (Å²) in [4.78, 5) is 12.1. The van der Waals surface area contributed by atoms with Crippen LogP contribution in [-0.4, -0.2) is 12.0 Å². The number of amides is 1. The number of hydrogen-bond donors (Lipinski definition) is 1. The molecular formula is C16H16F3NO3. The number of nitrogens with one attached hydrogen (secondary N) is 1. The van der Waals surface area contributed by atoms with Gasteiger partial charge >= 0.3 is 6.18 Å². The second kappa shape index (κ2) is 6.36. The van der Waals surface area contributed by atoms with Crippen LogP contribution in [0.2, 0.25) is 0 Å². The summed E-state index contributed by atoms with van der Waals surface area (Å²) in [5.74, 6) is -1.67. The Morgan fingerprint density at radius 1 is 1.26 bits per heavy atom. The highest BCUT2D eigenvalue weighted by Gasteiger charge is 2.40. The topological polar surface area (TPSA) is 51.5 Å². The van der Waals surface area contributed by atoms with Gasteiger partial charge in [0.15, 0.2) is 0 Å². The van der Waals surface area contributed by atoms with Gasteiger partial charge in [-0.25, -0.2) is 0 Å². The van der Waals surface area contributed by atoms with Gasteiger partial charge in [0.1, 0.15) is 11.5 Å². The maximum atomic E-state index is 12.9. The zero-order valence-electron chi connectivity index (χ0n) is 12.8. The monoisotopic (exact) mass is 327 g/mol. The molecule has 4 nitrogen and oxygen atoms in total. The number of furan rings is 1. The molecule has 1 aromatic heterocycles. The Labute approximate surface area is 131 Å². The van der Waals surface area contributed by atoms with E-state index < -0.39 is 23.4 Å². The summed E-state index contributed by atoms with van der Waals surface area (Å²) in [5, 5.41) is 2.42. The fourth-order valence-corrected chi connectivity index (χ4v) is 2.01. The molecule has 23 heavy (non-hydrogen) atoms. The summed E-state index contributed by atoms with van der Waals surface area (Å²) in [6.45, 7) is 5.04. The number of hydrogen-bond acceptors (Lipinski definition) is 3. The van der Waals surface area contributed by atoms with Gasteiger partial charge in [0, 0.05) is 11.8 Å². The quantitative estimate of drug-likeness (QED) is 0.889. The van der Waals surface area contributed by atoms with E-state index in [1.165, 1.54) is 13.0 Å². The summed E-state index contributed by atoms with van der Waals surface area (Å²) >= 11 is 0. The van der Waals surface area contributed by atoms with E-state index >= 15 is 0 Å². The fourth-order valence-electron chi connectivity index (χ4n) is 2.01. The van der Waals surface area contributed by atoms with Crippen LogP contribution in [-0.2, 0) is 6.18 Å². The number of benzene rings is 1. The van der Waals surface area contributed by atoms with Gasteiger partial charge in [-0.05, 0) is 39.0 Å². The van der Waals surface area contributed by atoms with E-state index in [2.05, 4.69) is 9.73 Å². The predicted molar refractivity (Wildman–Crippen MR) is 78.6 cm³/mol. The molecule has 124 valence electrons. The Morgan fingerprint density at radius 2 is 1.96 bits per heavy atom. The van der Waals surface area contributed by atoms with Crippen molar-refractivity contribution in [2.45, 2.75) is 33.1 Å². The van der Waals surface area contributed by atoms with Gasteiger partial charge in [-0.2, -0.15) is 13.2 Å². The van der Waals surface area contributed by atoms with Crippen LogP contribution in [0.1, 0.15) is 35.7 Å². The van der Waals surface area contributed by atoms with Crippen LogP contribution in [0, 0.1) is 6.92 Å². The largest absolute Gasteiger partial charge is 0.491 e. The Hall–Kier alpha value is -2.44. The lowest BCUT2D eigenvalue weighted by Crippen LogP contribution is -2.17. The number of carbonyl (C=O) groups excluding carboxylic acids is 1. The first-order chi connectivity index (χ1) is 10.7. The van der Waals surface area contributed by atoms with Crippen molar-refractivity contribution in [3.05, 3.63) is 47.4 Å². The number of halogens is 3. The van der Waals surface area contributed by atoms with Gasteiger partial charge in [-0.15, -0.1) is 0 Å². The summed E-state index contributed by atoms with van der Waals surface area (Å²) in [7, 11) is 0. The maximum absolute atomic E-state index is 12.9. The van der Waals surface area contributed by atoms with Crippen LogP contribution in [0.5, 0.6) is 5.75 Å². The molecule has 0 spiro atoms. The molecule has 1 aromatic carbocycles. The molecule has 1 N–H and O–H groups in total. The van der Waals surface area contributed by atoms with Crippen LogP contribution in [0.3, 0.4) is 0 Å². The molecule has 0 saturated carbocycles. The molecule has 7 heteroatoms. The molecule has 0 saturated heterocycles. The number of anilines is 1. The lowest BCUT2D eigenvalue weighted by atomic mass is 10.2. The predicted octanol–water partition coefficient (Wildman–Crippen LogP) is 4.65. The molecule has 2 rings (SSSR count). The van der Waals surface area contributed by atoms with E-state index in [0.717, 1.165) is 6.07 Å². The second-order valence-corrected chi connectivity index (χ2v) is 5.25. The first kappa shape index (κ1) is 16.9. The number of aryl methyl sites for hydroxylation is 1. The van der Waals surface area contributed by atoms with Crippen LogP contribution < -0.4 is 10.1 Å². The Morgan fingerprint density at radius 3 is 2.57 bits per heavy atom. The molecule has 0 aliphatic rings. The highest BCUT2D eigenvalue weighted by Crippen LogP contribution is 2.34. The van der Waals surface area contributed by atoms with E-state index in [1.807, 2.05) is 13.8 Å².